The molecule has 0 aromatic carbocycles. The second kappa shape index (κ2) is 12.3. The number of nitrogens with zero attached hydrogens (tertiary/aromatic N) is 3. The minimum absolute atomic E-state index is 0.942. The second-order valence-electron chi connectivity index (χ2n) is 7.33. The van der Waals surface area contributed by atoms with Gasteiger partial charge in [-0.3, -0.25) is 0 Å². The summed E-state index contributed by atoms with van der Waals surface area (Å²) in [4.78, 5) is 11.4. The number of anilines is 1. The molecule has 0 saturated carbocycles. The molecule has 3 heteroatoms. The van der Waals surface area contributed by atoms with Gasteiger partial charge in [0, 0.05) is 25.0 Å². The van der Waals surface area contributed by atoms with Crippen LogP contribution in [0.25, 0.3) is 0 Å². The molecule has 0 atom stereocenters. The van der Waals surface area contributed by atoms with Crippen molar-refractivity contribution in [1.29, 1.82) is 0 Å². The van der Waals surface area contributed by atoms with Crippen LogP contribution in [0.15, 0.2) is 12.3 Å². The Bertz CT molecular complexity index is 429. The van der Waals surface area contributed by atoms with Crippen LogP contribution in [-0.4, -0.2) is 23.1 Å². The number of hydrogen-bond acceptors (Lipinski definition) is 3. The zero-order valence-electron chi connectivity index (χ0n) is 15.8. The normalized spacial score (nSPS) is 14.0. The Morgan fingerprint density at radius 1 is 0.833 bits per heavy atom. The molecule has 0 radical (unpaired) electrons. The minimum atomic E-state index is 0.942. The minimum Gasteiger partial charge on any atom is -0.341 e. The molecule has 2 heterocycles. The van der Waals surface area contributed by atoms with Crippen molar-refractivity contribution < 1.29 is 0 Å². The van der Waals surface area contributed by atoms with Gasteiger partial charge in [-0.05, 0) is 25.3 Å². The number of hydrogen-bond donors (Lipinski definition) is 0. The molecule has 1 aromatic rings. The number of unbranched alkanes of at least 4 members (excludes halogenated alkanes) is 11. The molecular weight excluding hydrogens is 294 g/mol. The van der Waals surface area contributed by atoms with E-state index in [1.807, 2.05) is 6.20 Å². The standard InChI is InChI=1S/C21H37N3/c1-2-3-4-5-6-7-8-9-10-11-12-13-15-20-16-17-22-21(23-20)24-18-14-19-24/h16-17H,2-15,18-19H2,1H3. The summed E-state index contributed by atoms with van der Waals surface area (Å²) in [7, 11) is 0. The Morgan fingerprint density at radius 3 is 1.96 bits per heavy atom. The topological polar surface area (TPSA) is 29.0 Å². The van der Waals surface area contributed by atoms with Crippen LogP contribution in [-0.2, 0) is 6.42 Å². The van der Waals surface area contributed by atoms with E-state index in [1.54, 1.807) is 0 Å². The van der Waals surface area contributed by atoms with Gasteiger partial charge in [-0.1, -0.05) is 77.6 Å². The summed E-state index contributed by atoms with van der Waals surface area (Å²) in [6.07, 6.45) is 21.2. The van der Waals surface area contributed by atoms with Crippen molar-refractivity contribution in [3.8, 4) is 0 Å². The number of aromatic nitrogens is 2. The van der Waals surface area contributed by atoms with Crippen molar-refractivity contribution in [2.24, 2.45) is 0 Å². The van der Waals surface area contributed by atoms with Crippen LogP contribution in [0.5, 0.6) is 0 Å². The largest absolute Gasteiger partial charge is 0.341 e. The molecule has 0 bridgehead atoms. The first kappa shape index (κ1) is 19.2. The average Bonchev–Trinajstić information content (AvgIpc) is 2.55. The van der Waals surface area contributed by atoms with E-state index >= 15 is 0 Å². The lowest BCUT2D eigenvalue weighted by atomic mass is 10.0. The van der Waals surface area contributed by atoms with Gasteiger partial charge in [-0.15, -0.1) is 0 Å². The van der Waals surface area contributed by atoms with Crippen molar-refractivity contribution in [2.75, 3.05) is 18.0 Å². The van der Waals surface area contributed by atoms with Gasteiger partial charge in [0.15, 0.2) is 0 Å². The molecule has 1 fully saturated rings. The smallest absolute Gasteiger partial charge is 0.225 e. The average molecular weight is 332 g/mol. The van der Waals surface area contributed by atoms with Gasteiger partial charge in [0.05, 0.1) is 0 Å². The molecule has 24 heavy (non-hydrogen) atoms. The van der Waals surface area contributed by atoms with E-state index in [2.05, 4.69) is 22.9 Å². The lowest BCUT2D eigenvalue weighted by Crippen LogP contribution is -2.38. The maximum Gasteiger partial charge on any atom is 0.225 e. The molecule has 1 aliphatic rings. The summed E-state index contributed by atoms with van der Waals surface area (Å²) in [5.41, 5.74) is 1.22. The SMILES string of the molecule is CCCCCCCCCCCCCCc1ccnc(N2CCC2)n1. The maximum atomic E-state index is 4.70. The molecule has 3 nitrogen and oxygen atoms in total. The van der Waals surface area contributed by atoms with E-state index in [9.17, 15) is 0 Å². The van der Waals surface area contributed by atoms with Crippen LogP contribution < -0.4 is 4.90 Å². The fourth-order valence-electron chi connectivity index (χ4n) is 3.34. The summed E-state index contributed by atoms with van der Waals surface area (Å²) >= 11 is 0. The monoisotopic (exact) mass is 331 g/mol. The summed E-state index contributed by atoms with van der Waals surface area (Å²) in [5.74, 6) is 0.942. The molecule has 2 rings (SSSR count). The zero-order valence-corrected chi connectivity index (χ0v) is 15.8. The van der Waals surface area contributed by atoms with Crippen molar-refractivity contribution in [1.82, 2.24) is 9.97 Å². The van der Waals surface area contributed by atoms with Crippen LogP contribution in [0.3, 0.4) is 0 Å². The predicted octanol–water partition coefficient (Wildman–Crippen LogP) is 5.93. The fraction of sp³-hybridized carbons (Fsp3) is 0.810. The van der Waals surface area contributed by atoms with Gasteiger partial charge in [-0.25, -0.2) is 9.97 Å². The highest BCUT2D eigenvalue weighted by Crippen LogP contribution is 2.16. The van der Waals surface area contributed by atoms with E-state index in [0.29, 0.717) is 0 Å². The van der Waals surface area contributed by atoms with E-state index in [4.69, 9.17) is 4.98 Å². The van der Waals surface area contributed by atoms with Crippen LogP contribution in [0.4, 0.5) is 5.95 Å². The van der Waals surface area contributed by atoms with Crippen LogP contribution in [0.1, 0.15) is 96.1 Å². The number of rotatable bonds is 14. The quantitative estimate of drug-likeness (QED) is 0.396. The lowest BCUT2D eigenvalue weighted by molar-refractivity contribution is 0.543. The van der Waals surface area contributed by atoms with Crippen molar-refractivity contribution in [2.45, 2.75) is 96.8 Å². The zero-order chi connectivity index (χ0) is 16.9. The Balaban J connectivity index is 1.41. The maximum absolute atomic E-state index is 4.70. The summed E-state index contributed by atoms with van der Waals surface area (Å²) in [6, 6.07) is 2.09. The van der Waals surface area contributed by atoms with Gasteiger partial charge >= 0.3 is 0 Å². The third kappa shape index (κ3) is 7.63. The fourth-order valence-corrected chi connectivity index (χ4v) is 3.34. The Labute approximate surface area is 149 Å². The third-order valence-corrected chi connectivity index (χ3v) is 5.13. The van der Waals surface area contributed by atoms with Gasteiger partial charge in [-0.2, -0.15) is 0 Å². The van der Waals surface area contributed by atoms with Crippen molar-refractivity contribution >= 4 is 5.95 Å². The van der Waals surface area contributed by atoms with Gasteiger partial charge in [0.25, 0.3) is 0 Å². The molecule has 136 valence electrons. The van der Waals surface area contributed by atoms with Gasteiger partial charge < -0.3 is 4.90 Å². The molecule has 1 aliphatic heterocycles. The second-order valence-corrected chi connectivity index (χ2v) is 7.33. The van der Waals surface area contributed by atoms with Crippen molar-refractivity contribution in [3.05, 3.63) is 18.0 Å². The van der Waals surface area contributed by atoms with E-state index in [0.717, 1.165) is 25.5 Å². The first-order valence-electron chi connectivity index (χ1n) is 10.5. The van der Waals surface area contributed by atoms with Crippen LogP contribution >= 0.6 is 0 Å². The van der Waals surface area contributed by atoms with E-state index in [1.165, 1.54) is 89.2 Å². The molecular formula is C21H37N3. The molecule has 0 unspecified atom stereocenters. The first-order valence-corrected chi connectivity index (χ1v) is 10.5. The van der Waals surface area contributed by atoms with Gasteiger partial charge in [0.1, 0.15) is 0 Å². The van der Waals surface area contributed by atoms with E-state index < -0.39 is 0 Å². The van der Waals surface area contributed by atoms with E-state index in [-0.39, 0.29) is 0 Å². The van der Waals surface area contributed by atoms with Crippen LogP contribution in [0.2, 0.25) is 0 Å². The van der Waals surface area contributed by atoms with Crippen molar-refractivity contribution in [3.63, 3.8) is 0 Å². The Morgan fingerprint density at radius 2 is 1.42 bits per heavy atom. The Hall–Kier alpha value is -1.12. The number of aryl methyl sites for hydroxylation is 1. The van der Waals surface area contributed by atoms with Crippen LogP contribution in [0, 0.1) is 0 Å². The molecule has 1 saturated heterocycles. The molecule has 0 amide bonds. The Kier molecular flexibility index (Phi) is 9.82. The molecule has 0 aliphatic carbocycles. The highest BCUT2D eigenvalue weighted by atomic mass is 15.3. The summed E-state index contributed by atoms with van der Waals surface area (Å²) in [6.45, 7) is 4.54. The predicted molar refractivity (Wildman–Crippen MR) is 104 cm³/mol. The first-order chi connectivity index (χ1) is 11.9. The molecule has 1 aromatic heterocycles. The highest BCUT2D eigenvalue weighted by Gasteiger charge is 2.16. The lowest BCUT2D eigenvalue weighted by Gasteiger charge is -2.30. The summed E-state index contributed by atoms with van der Waals surface area (Å²) < 4.78 is 0. The van der Waals surface area contributed by atoms with Gasteiger partial charge in [0.2, 0.25) is 5.95 Å². The third-order valence-electron chi connectivity index (χ3n) is 5.13. The molecule has 0 spiro atoms. The highest BCUT2D eigenvalue weighted by molar-refractivity contribution is 5.33. The summed E-state index contributed by atoms with van der Waals surface area (Å²) in [5, 5.41) is 0. The molecule has 0 N–H and O–H groups in total.